The van der Waals surface area contributed by atoms with E-state index >= 15 is 0 Å². The average Bonchev–Trinajstić information content (AvgIpc) is 4.07. The van der Waals surface area contributed by atoms with Crippen molar-refractivity contribution in [1.82, 2.24) is 35.6 Å². The van der Waals surface area contributed by atoms with Gasteiger partial charge in [-0.1, -0.05) is 114 Å². The Hall–Kier alpha value is -6.47. The number of aromatic nitrogens is 3. The molecule has 2 aliphatic carbocycles. The number of nitrogens with zero attached hydrogens (tertiary/aromatic N) is 5. The summed E-state index contributed by atoms with van der Waals surface area (Å²) in [5, 5.41) is 13.3. The Morgan fingerprint density at radius 3 is 1.60 bits per heavy atom. The number of likely N-dealkylation sites (tertiary alicyclic amines) is 2. The zero-order valence-corrected chi connectivity index (χ0v) is 35.0. The molecule has 10 rings (SSSR count). The quantitative estimate of drug-likeness (QED) is 0.118. The predicted octanol–water partition coefficient (Wildman–Crippen LogP) is 8.39. The molecular weight excluding hydrogens is 799 g/mol. The van der Waals surface area contributed by atoms with Crippen molar-refractivity contribution in [2.45, 2.75) is 75.5 Å². The largest absolute Gasteiger partial charge is 0.340 e. The molecule has 314 valence electrons. The maximum absolute atomic E-state index is 14.1. The molecule has 0 bridgehead atoms. The van der Waals surface area contributed by atoms with Crippen molar-refractivity contribution in [3.05, 3.63) is 137 Å². The van der Waals surface area contributed by atoms with Crippen molar-refractivity contribution in [3.63, 3.8) is 0 Å². The van der Waals surface area contributed by atoms with Crippen molar-refractivity contribution >= 4 is 35.0 Å². The molecule has 62 heavy (non-hydrogen) atoms. The van der Waals surface area contributed by atoms with Crippen LogP contribution in [-0.4, -0.2) is 61.6 Å². The molecule has 6 aromatic rings. The molecule has 2 unspecified atom stereocenters. The lowest BCUT2D eigenvalue weighted by Crippen LogP contribution is -2.43. The van der Waals surface area contributed by atoms with E-state index in [1.54, 1.807) is 16.2 Å². The van der Waals surface area contributed by atoms with Crippen molar-refractivity contribution in [2.24, 2.45) is 11.8 Å². The topological polar surface area (TPSA) is 151 Å². The number of amides is 4. The third-order valence-corrected chi connectivity index (χ3v) is 13.4. The van der Waals surface area contributed by atoms with Crippen LogP contribution in [0.1, 0.15) is 97.6 Å². The van der Waals surface area contributed by atoms with Crippen LogP contribution in [0, 0.1) is 11.8 Å². The van der Waals surface area contributed by atoms with Crippen molar-refractivity contribution in [3.8, 4) is 33.8 Å². The second kappa shape index (κ2) is 17.1. The summed E-state index contributed by atoms with van der Waals surface area (Å²) < 4.78 is 5.79. The molecule has 4 heterocycles. The highest BCUT2D eigenvalue weighted by Crippen LogP contribution is 2.39. The van der Waals surface area contributed by atoms with Gasteiger partial charge in [0.2, 0.25) is 35.3 Å². The Morgan fingerprint density at radius 1 is 0.581 bits per heavy atom. The first-order chi connectivity index (χ1) is 30.4. The van der Waals surface area contributed by atoms with E-state index in [1.807, 2.05) is 89.8 Å². The van der Waals surface area contributed by atoms with E-state index in [-0.39, 0.29) is 47.5 Å². The second-order valence-corrected chi connectivity index (χ2v) is 17.7. The summed E-state index contributed by atoms with van der Waals surface area (Å²) >= 11 is 1.57. The molecule has 12 nitrogen and oxygen atoms in total. The van der Waals surface area contributed by atoms with Gasteiger partial charge in [0.15, 0.2) is 0 Å². The minimum atomic E-state index is -0.778. The molecule has 0 spiro atoms. The lowest BCUT2D eigenvalue weighted by molar-refractivity contribution is -0.138. The molecule has 2 N–H and O–H groups in total. The molecule has 4 aromatic carbocycles. The summed E-state index contributed by atoms with van der Waals surface area (Å²) in [4.78, 5) is 67.3. The molecule has 4 atom stereocenters. The predicted molar refractivity (Wildman–Crippen MR) is 234 cm³/mol. The number of hydrogen-bond acceptors (Lipinski definition) is 9. The van der Waals surface area contributed by atoms with Crippen LogP contribution in [0.3, 0.4) is 0 Å². The molecule has 2 saturated heterocycles. The Morgan fingerprint density at radius 2 is 1.06 bits per heavy atom. The minimum absolute atomic E-state index is 0.00430. The first-order valence-electron chi connectivity index (χ1n) is 21.7. The van der Waals surface area contributed by atoms with Gasteiger partial charge < -0.3 is 25.0 Å². The number of hydrogen-bond donors (Lipinski definition) is 2. The third kappa shape index (κ3) is 8.28. The van der Waals surface area contributed by atoms with Gasteiger partial charge in [-0.25, -0.2) is 4.98 Å². The van der Waals surface area contributed by atoms with Gasteiger partial charge in [0.25, 0.3) is 0 Å². The summed E-state index contributed by atoms with van der Waals surface area (Å²) in [6, 6.07) is 33.2. The highest BCUT2D eigenvalue weighted by atomic mass is 32.1. The normalized spacial score (nSPS) is 19.5. The van der Waals surface area contributed by atoms with Gasteiger partial charge in [-0.3, -0.25) is 19.2 Å². The number of thiazole rings is 1. The third-order valence-electron chi connectivity index (χ3n) is 12.5. The fourth-order valence-corrected chi connectivity index (χ4v) is 9.66. The van der Waals surface area contributed by atoms with E-state index < -0.39 is 12.1 Å². The average molecular weight is 846 g/mol. The van der Waals surface area contributed by atoms with Gasteiger partial charge >= 0.3 is 0 Å². The van der Waals surface area contributed by atoms with Crippen LogP contribution in [0.4, 0.5) is 0 Å². The number of carbonyl (C=O) groups is 4. The molecule has 2 aliphatic heterocycles. The molecule has 13 heteroatoms. The first kappa shape index (κ1) is 39.7. The summed E-state index contributed by atoms with van der Waals surface area (Å²) in [5.41, 5.74) is 6.26. The monoisotopic (exact) mass is 845 g/mol. The zero-order valence-electron chi connectivity index (χ0n) is 34.2. The Bertz CT molecular complexity index is 2390. The molecule has 2 aromatic heterocycles. The molecule has 4 fully saturated rings. The number of rotatable bonds is 13. The fourth-order valence-electron chi connectivity index (χ4n) is 8.69. The lowest BCUT2D eigenvalue weighted by atomic mass is 10.0. The Balaban J connectivity index is 0.797. The first-order valence-corrected chi connectivity index (χ1v) is 22.6. The van der Waals surface area contributed by atoms with Crippen molar-refractivity contribution in [2.75, 3.05) is 13.1 Å². The molecule has 4 amide bonds. The molecule has 0 radical (unpaired) electrons. The summed E-state index contributed by atoms with van der Waals surface area (Å²) in [7, 11) is 0. The summed E-state index contributed by atoms with van der Waals surface area (Å²) in [6.07, 6.45) is 6.65. The zero-order chi connectivity index (χ0) is 42.2. The van der Waals surface area contributed by atoms with E-state index in [1.165, 1.54) is 0 Å². The number of carbonyl (C=O) groups excluding carboxylic acids is 4. The highest BCUT2D eigenvalue weighted by molar-refractivity contribution is 7.10. The SMILES string of the molecule is O=C(NC(C(=O)N1CCC[C@H]1c1nc(-c2ccc(-c3ccc(-c4csc([C@@H]5CCCN5C(=O)C(NC(=O)C5CC5)c5ccccc5)n4)cc3)cc2)no1)c1ccccc1)C1CC1. The van der Waals surface area contributed by atoms with E-state index in [2.05, 4.69) is 45.4 Å². The van der Waals surface area contributed by atoms with Crippen LogP contribution >= 0.6 is 11.3 Å². The van der Waals surface area contributed by atoms with Gasteiger partial charge in [0.1, 0.15) is 23.1 Å². The number of benzene rings is 4. The molecule has 2 saturated carbocycles. The van der Waals surface area contributed by atoms with Crippen LogP contribution in [0.5, 0.6) is 0 Å². The van der Waals surface area contributed by atoms with E-state index in [9.17, 15) is 19.2 Å². The van der Waals surface area contributed by atoms with Crippen LogP contribution < -0.4 is 10.6 Å². The van der Waals surface area contributed by atoms with Crippen molar-refractivity contribution in [1.29, 1.82) is 0 Å². The standard InChI is InChI=1S/C49H47N7O5S/c57-44(36-23-24-36)51-41(33-9-3-1-4-10-33)48(59)55-27-7-13-39(55)46-53-43(54-61-46)35-21-17-31(18-22-35)30-15-19-32(20-16-30)38-29-62-47(50-38)40-14-8-28-56(40)49(60)42(34-11-5-2-6-12-34)52-45(58)37-25-26-37/h1-6,9-12,15-22,29,36-37,39-42H,7-8,13-14,23-28H2,(H,51,57)(H,52,58)/t39-,40-,41?,42?/m0/s1. The second-order valence-electron chi connectivity index (χ2n) is 16.8. The van der Waals surface area contributed by atoms with E-state index in [0.29, 0.717) is 31.2 Å². The van der Waals surface area contributed by atoms with Crippen LogP contribution in [-0.2, 0) is 19.2 Å². The summed E-state index contributed by atoms with van der Waals surface area (Å²) in [6.45, 7) is 1.17. The molecule has 4 aliphatic rings. The fraction of sp³-hybridized carbons (Fsp3) is 0.327. The smallest absolute Gasteiger partial charge is 0.250 e. The van der Waals surface area contributed by atoms with Crippen LogP contribution in [0.25, 0.3) is 33.8 Å². The van der Waals surface area contributed by atoms with E-state index in [0.717, 1.165) is 89.0 Å². The van der Waals surface area contributed by atoms with Gasteiger partial charge in [-0.15, -0.1) is 11.3 Å². The lowest BCUT2D eigenvalue weighted by Gasteiger charge is -2.28. The maximum Gasteiger partial charge on any atom is 0.250 e. The van der Waals surface area contributed by atoms with Crippen LogP contribution in [0.2, 0.25) is 0 Å². The van der Waals surface area contributed by atoms with Gasteiger partial charge in [0, 0.05) is 41.4 Å². The minimum Gasteiger partial charge on any atom is -0.340 e. The van der Waals surface area contributed by atoms with Gasteiger partial charge in [-0.05, 0) is 73.6 Å². The summed E-state index contributed by atoms with van der Waals surface area (Å²) in [5.74, 6) is 0.430. The Labute approximate surface area is 363 Å². The Kier molecular flexibility index (Phi) is 11.0. The maximum atomic E-state index is 14.1. The van der Waals surface area contributed by atoms with Crippen LogP contribution in [0.15, 0.2) is 119 Å². The van der Waals surface area contributed by atoms with E-state index in [4.69, 9.17) is 14.5 Å². The number of nitrogens with one attached hydrogen (secondary N) is 2. The van der Waals surface area contributed by atoms with Gasteiger partial charge in [0.05, 0.1) is 11.7 Å². The highest BCUT2D eigenvalue weighted by Gasteiger charge is 2.41. The van der Waals surface area contributed by atoms with Gasteiger partial charge in [-0.2, -0.15) is 4.98 Å². The molecular formula is C49H47N7O5S. The van der Waals surface area contributed by atoms with Crippen molar-refractivity contribution < 1.29 is 23.7 Å².